The second-order valence-corrected chi connectivity index (χ2v) is 3.22. The van der Waals surface area contributed by atoms with Crippen LogP contribution in [0.3, 0.4) is 0 Å². The first-order valence-electron chi connectivity index (χ1n) is 4.68. The zero-order chi connectivity index (χ0) is 9.80. The number of hydrogen-bond acceptors (Lipinski definition) is 3. The minimum atomic E-state index is -0.240. The summed E-state index contributed by atoms with van der Waals surface area (Å²) in [4.78, 5) is 15.6. The molecule has 1 aliphatic rings. The molecule has 14 heavy (non-hydrogen) atoms. The smallest absolute Gasteiger partial charge is 0.318 e. The minimum Gasteiger partial charge on any atom is -0.318 e. The van der Waals surface area contributed by atoms with Gasteiger partial charge in [0.05, 0.1) is 5.71 Å². The summed E-state index contributed by atoms with van der Waals surface area (Å²) < 4.78 is 0. The first-order chi connectivity index (χ1) is 6.86. The first kappa shape index (κ1) is 8.94. The van der Waals surface area contributed by atoms with Crippen molar-refractivity contribution in [1.82, 2.24) is 0 Å². The van der Waals surface area contributed by atoms with Crippen molar-refractivity contribution in [3.63, 3.8) is 0 Å². The van der Waals surface area contributed by atoms with Crippen LogP contribution in [0.1, 0.15) is 24.8 Å². The molecule has 1 aromatic rings. The van der Waals surface area contributed by atoms with Gasteiger partial charge in [-0.3, -0.25) is 0 Å². The summed E-state index contributed by atoms with van der Waals surface area (Å²) in [5.41, 5.74) is 1.89. The predicted molar refractivity (Wildman–Crippen MR) is 52.9 cm³/mol. The van der Waals surface area contributed by atoms with Crippen molar-refractivity contribution in [3.05, 3.63) is 35.9 Å². The second-order valence-electron chi connectivity index (χ2n) is 3.22. The van der Waals surface area contributed by atoms with Gasteiger partial charge in [0.2, 0.25) is 0 Å². The molecule has 0 aromatic heterocycles. The molecular weight excluding hydrogens is 178 g/mol. The summed E-state index contributed by atoms with van der Waals surface area (Å²) in [7, 11) is 0. The summed E-state index contributed by atoms with van der Waals surface area (Å²) >= 11 is 0. The predicted octanol–water partition coefficient (Wildman–Crippen LogP) is 2.12. The molecule has 0 saturated heterocycles. The van der Waals surface area contributed by atoms with Crippen LogP contribution in [0.25, 0.3) is 0 Å². The van der Waals surface area contributed by atoms with E-state index >= 15 is 0 Å². The van der Waals surface area contributed by atoms with E-state index in [9.17, 15) is 4.79 Å². The van der Waals surface area contributed by atoms with Crippen molar-refractivity contribution in [2.75, 3.05) is 0 Å². The summed E-state index contributed by atoms with van der Waals surface area (Å²) in [5, 5.41) is 3.84. The van der Waals surface area contributed by atoms with Gasteiger partial charge in [0.15, 0.2) is 0 Å². The Morgan fingerprint density at radius 3 is 2.71 bits per heavy atom. The quantitative estimate of drug-likeness (QED) is 0.635. The molecule has 0 atom stereocenters. The first-order valence-corrected chi connectivity index (χ1v) is 4.68. The molecule has 2 rings (SSSR count). The van der Waals surface area contributed by atoms with Gasteiger partial charge in [0.25, 0.3) is 0 Å². The Labute approximate surface area is 82.4 Å². The topological polar surface area (TPSA) is 38.7 Å². The average molecular weight is 189 g/mol. The molecule has 0 N–H and O–H groups in total. The molecule has 0 bridgehead atoms. The highest BCUT2D eigenvalue weighted by molar-refractivity contribution is 6.01. The summed E-state index contributed by atoms with van der Waals surface area (Å²) in [5.74, 6) is -0.240. The van der Waals surface area contributed by atoms with E-state index in [1.165, 1.54) is 0 Å². The number of nitrogens with zero attached hydrogens (tertiary/aromatic N) is 1. The summed E-state index contributed by atoms with van der Waals surface area (Å²) in [6.45, 7) is 0. The van der Waals surface area contributed by atoms with Crippen molar-refractivity contribution in [2.24, 2.45) is 5.16 Å². The van der Waals surface area contributed by atoms with Crippen molar-refractivity contribution in [1.29, 1.82) is 0 Å². The van der Waals surface area contributed by atoms with Crippen LogP contribution in [0.2, 0.25) is 0 Å². The van der Waals surface area contributed by atoms with Crippen LogP contribution in [-0.2, 0) is 9.63 Å². The maximum Gasteiger partial charge on any atom is 0.335 e. The van der Waals surface area contributed by atoms with Gasteiger partial charge in [0, 0.05) is 6.42 Å². The maximum atomic E-state index is 10.9. The van der Waals surface area contributed by atoms with Gasteiger partial charge in [-0.15, -0.1) is 0 Å². The highest BCUT2D eigenvalue weighted by Gasteiger charge is 2.12. The fourth-order valence-electron chi connectivity index (χ4n) is 1.43. The van der Waals surface area contributed by atoms with E-state index in [1.807, 2.05) is 30.3 Å². The molecule has 0 spiro atoms. The van der Waals surface area contributed by atoms with E-state index in [0.29, 0.717) is 6.42 Å². The van der Waals surface area contributed by atoms with Crippen LogP contribution in [0, 0.1) is 0 Å². The molecule has 0 saturated carbocycles. The van der Waals surface area contributed by atoms with E-state index in [2.05, 4.69) is 5.16 Å². The lowest BCUT2D eigenvalue weighted by Gasteiger charge is -2.00. The molecule has 0 fully saturated rings. The van der Waals surface area contributed by atoms with E-state index in [4.69, 9.17) is 4.84 Å². The van der Waals surface area contributed by atoms with Crippen molar-refractivity contribution in [3.8, 4) is 0 Å². The fourth-order valence-corrected chi connectivity index (χ4v) is 1.43. The molecule has 3 nitrogen and oxygen atoms in total. The van der Waals surface area contributed by atoms with Gasteiger partial charge in [0.1, 0.15) is 0 Å². The Morgan fingerprint density at radius 1 is 1.14 bits per heavy atom. The lowest BCUT2D eigenvalue weighted by molar-refractivity contribution is -0.143. The van der Waals surface area contributed by atoms with Crippen LogP contribution in [-0.4, -0.2) is 11.7 Å². The SMILES string of the molecule is O=C1CCCC(c2ccccc2)=NO1. The molecule has 1 aliphatic heterocycles. The average Bonchev–Trinajstić information content (AvgIpc) is 2.44. The molecular formula is C11H11NO2. The van der Waals surface area contributed by atoms with Crippen LogP contribution in [0.4, 0.5) is 0 Å². The standard InChI is InChI=1S/C11H11NO2/c13-11-8-4-7-10(12-14-11)9-5-2-1-3-6-9/h1-3,5-6H,4,7-8H2. The second kappa shape index (κ2) is 4.05. The van der Waals surface area contributed by atoms with Gasteiger partial charge in [-0.2, -0.15) is 0 Å². The van der Waals surface area contributed by atoms with E-state index in [1.54, 1.807) is 0 Å². The maximum absolute atomic E-state index is 10.9. The van der Waals surface area contributed by atoms with E-state index in [0.717, 1.165) is 24.1 Å². The third-order valence-corrected chi connectivity index (χ3v) is 2.16. The van der Waals surface area contributed by atoms with Crippen molar-refractivity contribution >= 4 is 11.7 Å². The van der Waals surface area contributed by atoms with Gasteiger partial charge in [-0.1, -0.05) is 35.5 Å². The number of carbonyl (C=O) groups excluding carboxylic acids is 1. The van der Waals surface area contributed by atoms with Crippen LogP contribution in [0.5, 0.6) is 0 Å². The van der Waals surface area contributed by atoms with Crippen molar-refractivity contribution in [2.45, 2.75) is 19.3 Å². The van der Waals surface area contributed by atoms with Crippen LogP contribution in [0.15, 0.2) is 35.5 Å². The Hall–Kier alpha value is -1.64. The van der Waals surface area contributed by atoms with Crippen LogP contribution >= 0.6 is 0 Å². The number of benzene rings is 1. The molecule has 0 amide bonds. The Balaban J connectivity index is 2.22. The highest BCUT2D eigenvalue weighted by atomic mass is 16.7. The lowest BCUT2D eigenvalue weighted by atomic mass is 10.1. The number of oxime groups is 1. The van der Waals surface area contributed by atoms with E-state index in [-0.39, 0.29) is 5.97 Å². The molecule has 72 valence electrons. The zero-order valence-corrected chi connectivity index (χ0v) is 7.77. The molecule has 0 aliphatic carbocycles. The van der Waals surface area contributed by atoms with Crippen molar-refractivity contribution < 1.29 is 9.63 Å². The fraction of sp³-hybridized carbons (Fsp3) is 0.273. The monoisotopic (exact) mass is 189 g/mol. The number of rotatable bonds is 1. The van der Waals surface area contributed by atoms with Crippen LogP contribution < -0.4 is 0 Å². The zero-order valence-electron chi connectivity index (χ0n) is 7.77. The molecule has 3 heteroatoms. The Morgan fingerprint density at radius 2 is 1.93 bits per heavy atom. The number of hydrogen-bond donors (Lipinski definition) is 0. The van der Waals surface area contributed by atoms with Gasteiger partial charge in [-0.05, 0) is 18.4 Å². The molecule has 1 aromatic carbocycles. The molecule has 0 unspecified atom stereocenters. The minimum absolute atomic E-state index is 0.240. The third-order valence-electron chi connectivity index (χ3n) is 2.16. The molecule has 0 radical (unpaired) electrons. The number of carbonyl (C=O) groups is 1. The Kier molecular flexibility index (Phi) is 2.58. The molecule has 1 heterocycles. The third kappa shape index (κ3) is 1.99. The summed E-state index contributed by atoms with van der Waals surface area (Å²) in [6.07, 6.45) is 2.07. The van der Waals surface area contributed by atoms with Gasteiger partial charge < -0.3 is 4.84 Å². The normalized spacial score (nSPS) is 16.9. The summed E-state index contributed by atoms with van der Waals surface area (Å²) in [6, 6.07) is 9.79. The lowest BCUT2D eigenvalue weighted by Crippen LogP contribution is -1.99. The van der Waals surface area contributed by atoms with E-state index < -0.39 is 0 Å². The van der Waals surface area contributed by atoms with Gasteiger partial charge >= 0.3 is 5.97 Å². The highest BCUT2D eigenvalue weighted by Crippen LogP contribution is 2.12. The van der Waals surface area contributed by atoms with Gasteiger partial charge in [-0.25, -0.2) is 4.79 Å². The largest absolute Gasteiger partial charge is 0.335 e. The Bertz CT molecular complexity index is 357.